The van der Waals surface area contributed by atoms with Gasteiger partial charge in [-0.25, -0.2) is 4.98 Å². The van der Waals surface area contributed by atoms with Crippen molar-refractivity contribution in [3.8, 4) is 11.3 Å². The summed E-state index contributed by atoms with van der Waals surface area (Å²) in [6.07, 6.45) is 3.53. The fourth-order valence-corrected chi connectivity index (χ4v) is 4.89. The van der Waals surface area contributed by atoms with Crippen LogP contribution in [-0.4, -0.2) is 53.1 Å². The van der Waals surface area contributed by atoms with E-state index in [2.05, 4.69) is 29.3 Å². The van der Waals surface area contributed by atoms with Crippen LogP contribution in [0.2, 0.25) is 0 Å². The second-order valence-corrected chi connectivity index (χ2v) is 8.12. The van der Waals surface area contributed by atoms with Gasteiger partial charge in [-0.05, 0) is 25.7 Å². The van der Waals surface area contributed by atoms with Gasteiger partial charge < -0.3 is 15.2 Å². The molecule has 140 valence electrons. The van der Waals surface area contributed by atoms with E-state index >= 15 is 0 Å². The standard InChI is InChI=1S/C20H27N3O2S/c1-2-17-18(14-6-4-3-5-7-14)21-20(26-17)22-19(24)16-8-11-23(16)15-9-12-25-13-10-15/h3-7,15-16,19,24H,2,8-13H2,1H3,(H,21,22)/t16-,19?/m0/s1. The number of nitrogens with zero attached hydrogens (tertiary/aromatic N) is 2. The van der Waals surface area contributed by atoms with Gasteiger partial charge in [-0.3, -0.25) is 4.90 Å². The van der Waals surface area contributed by atoms with Crippen molar-refractivity contribution < 1.29 is 9.84 Å². The number of likely N-dealkylation sites (tertiary alicyclic amines) is 1. The Balaban J connectivity index is 1.44. The molecule has 1 aromatic heterocycles. The first kappa shape index (κ1) is 17.9. The molecule has 1 unspecified atom stereocenters. The molecule has 0 spiro atoms. The zero-order valence-corrected chi connectivity index (χ0v) is 16.0. The minimum absolute atomic E-state index is 0.173. The molecule has 26 heavy (non-hydrogen) atoms. The van der Waals surface area contributed by atoms with E-state index in [9.17, 15) is 5.11 Å². The largest absolute Gasteiger partial charge is 0.381 e. The van der Waals surface area contributed by atoms with Crippen molar-refractivity contribution >= 4 is 16.5 Å². The van der Waals surface area contributed by atoms with Gasteiger partial charge in [0.1, 0.15) is 6.23 Å². The highest BCUT2D eigenvalue weighted by Crippen LogP contribution is 2.33. The van der Waals surface area contributed by atoms with Gasteiger partial charge in [0.2, 0.25) is 0 Å². The molecule has 2 fully saturated rings. The number of aryl methyl sites for hydroxylation is 1. The summed E-state index contributed by atoms with van der Waals surface area (Å²) in [5, 5.41) is 14.8. The molecule has 2 aliphatic heterocycles. The van der Waals surface area contributed by atoms with Gasteiger partial charge in [0.25, 0.3) is 0 Å². The van der Waals surface area contributed by atoms with Crippen molar-refractivity contribution in [2.75, 3.05) is 25.1 Å². The van der Waals surface area contributed by atoms with Crippen molar-refractivity contribution in [2.24, 2.45) is 0 Å². The van der Waals surface area contributed by atoms with Crippen LogP contribution in [0.3, 0.4) is 0 Å². The molecule has 0 bridgehead atoms. The zero-order valence-electron chi connectivity index (χ0n) is 15.2. The Hall–Kier alpha value is -1.47. The molecule has 5 nitrogen and oxygen atoms in total. The Kier molecular flexibility index (Phi) is 5.55. The van der Waals surface area contributed by atoms with Crippen LogP contribution in [-0.2, 0) is 11.2 Å². The number of anilines is 1. The van der Waals surface area contributed by atoms with E-state index in [0.29, 0.717) is 6.04 Å². The number of benzene rings is 1. The summed E-state index contributed by atoms with van der Waals surface area (Å²) in [5.41, 5.74) is 2.17. The SMILES string of the molecule is CCc1sc(NC(O)[C@@H]2CCN2C2CCOCC2)nc1-c1ccccc1. The van der Waals surface area contributed by atoms with Gasteiger partial charge in [0, 0.05) is 36.2 Å². The highest BCUT2D eigenvalue weighted by atomic mass is 32.1. The first-order chi connectivity index (χ1) is 12.8. The molecule has 1 aromatic carbocycles. The first-order valence-corrected chi connectivity index (χ1v) is 10.4. The Labute approximate surface area is 159 Å². The molecule has 2 aromatic rings. The lowest BCUT2D eigenvalue weighted by molar-refractivity contribution is -0.0620. The lowest BCUT2D eigenvalue weighted by Crippen LogP contribution is -2.60. The minimum atomic E-state index is -0.578. The van der Waals surface area contributed by atoms with Crippen LogP contribution in [0.25, 0.3) is 11.3 Å². The number of hydrogen-bond acceptors (Lipinski definition) is 6. The molecule has 0 amide bonds. The van der Waals surface area contributed by atoms with Crippen molar-refractivity contribution in [2.45, 2.75) is 50.9 Å². The highest BCUT2D eigenvalue weighted by molar-refractivity contribution is 7.16. The van der Waals surface area contributed by atoms with Crippen LogP contribution >= 0.6 is 11.3 Å². The summed E-state index contributed by atoms with van der Waals surface area (Å²) in [5.74, 6) is 0. The number of aliphatic hydroxyl groups is 1. The lowest BCUT2D eigenvalue weighted by Gasteiger charge is -2.49. The van der Waals surface area contributed by atoms with Crippen LogP contribution in [0.15, 0.2) is 30.3 Å². The average molecular weight is 374 g/mol. The predicted molar refractivity (Wildman–Crippen MR) is 106 cm³/mol. The van der Waals surface area contributed by atoms with Crippen molar-refractivity contribution in [1.29, 1.82) is 0 Å². The van der Waals surface area contributed by atoms with Crippen LogP contribution < -0.4 is 5.32 Å². The van der Waals surface area contributed by atoms with E-state index < -0.39 is 6.23 Å². The number of rotatable bonds is 6. The number of ether oxygens (including phenoxy) is 1. The van der Waals surface area contributed by atoms with Gasteiger partial charge in [0.05, 0.1) is 11.7 Å². The minimum Gasteiger partial charge on any atom is -0.381 e. The fourth-order valence-electron chi connectivity index (χ4n) is 3.93. The zero-order chi connectivity index (χ0) is 17.9. The molecule has 2 N–H and O–H groups in total. The molecule has 0 saturated carbocycles. The first-order valence-electron chi connectivity index (χ1n) is 9.59. The number of aromatic nitrogens is 1. The number of hydrogen-bond donors (Lipinski definition) is 2. The van der Waals surface area contributed by atoms with Gasteiger partial charge in [-0.1, -0.05) is 37.3 Å². The van der Waals surface area contributed by atoms with Gasteiger partial charge >= 0.3 is 0 Å². The molecule has 3 heterocycles. The van der Waals surface area contributed by atoms with Crippen LogP contribution in [0.4, 0.5) is 5.13 Å². The molecule has 2 aliphatic rings. The average Bonchev–Trinajstić information content (AvgIpc) is 3.05. The summed E-state index contributed by atoms with van der Waals surface area (Å²) in [4.78, 5) is 8.47. The Morgan fingerprint density at radius 2 is 2.04 bits per heavy atom. The number of thiazole rings is 1. The van der Waals surface area contributed by atoms with E-state index in [1.54, 1.807) is 11.3 Å². The third kappa shape index (κ3) is 3.64. The molecule has 6 heteroatoms. The number of aliphatic hydroxyl groups excluding tert-OH is 1. The van der Waals surface area contributed by atoms with Crippen LogP contribution in [0, 0.1) is 0 Å². The maximum absolute atomic E-state index is 10.7. The lowest BCUT2D eigenvalue weighted by atomic mass is 9.94. The quantitative estimate of drug-likeness (QED) is 0.761. The molecular weight excluding hydrogens is 346 g/mol. The monoisotopic (exact) mass is 373 g/mol. The molecule has 0 aliphatic carbocycles. The van der Waals surface area contributed by atoms with Crippen LogP contribution in [0.5, 0.6) is 0 Å². The molecule has 4 rings (SSSR count). The molecule has 0 radical (unpaired) electrons. The van der Waals surface area contributed by atoms with Crippen LogP contribution in [0.1, 0.15) is 31.1 Å². The van der Waals surface area contributed by atoms with Gasteiger partial charge in [0.15, 0.2) is 5.13 Å². The van der Waals surface area contributed by atoms with E-state index in [0.717, 1.165) is 61.8 Å². The van der Waals surface area contributed by atoms with E-state index in [1.807, 2.05) is 18.2 Å². The second kappa shape index (κ2) is 8.05. The van der Waals surface area contributed by atoms with E-state index in [-0.39, 0.29) is 6.04 Å². The number of nitrogens with one attached hydrogen (secondary N) is 1. The van der Waals surface area contributed by atoms with E-state index in [1.165, 1.54) is 4.88 Å². The van der Waals surface area contributed by atoms with Gasteiger partial charge in [-0.2, -0.15) is 0 Å². The third-order valence-electron chi connectivity index (χ3n) is 5.47. The van der Waals surface area contributed by atoms with Crippen molar-refractivity contribution in [1.82, 2.24) is 9.88 Å². The normalized spacial score (nSPS) is 22.8. The Morgan fingerprint density at radius 1 is 1.27 bits per heavy atom. The topological polar surface area (TPSA) is 57.6 Å². The summed E-state index contributed by atoms with van der Waals surface area (Å²) >= 11 is 1.65. The van der Waals surface area contributed by atoms with E-state index in [4.69, 9.17) is 9.72 Å². The maximum Gasteiger partial charge on any atom is 0.185 e. The highest BCUT2D eigenvalue weighted by Gasteiger charge is 2.39. The van der Waals surface area contributed by atoms with Crippen molar-refractivity contribution in [3.05, 3.63) is 35.2 Å². The van der Waals surface area contributed by atoms with Crippen molar-refractivity contribution in [3.63, 3.8) is 0 Å². The smallest absolute Gasteiger partial charge is 0.185 e. The maximum atomic E-state index is 10.7. The second-order valence-electron chi connectivity index (χ2n) is 7.04. The third-order valence-corrected chi connectivity index (χ3v) is 6.60. The summed E-state index contributed by atoms with van der Waals surface area (Å²) < 4.78 is 5.47. The molecule has 2 atom stereocenters. The predicted octanol–water partition coefficient (Wildman–Crippen LogP) is 3.36. The summed E-state index contributed by atoms with van der Waals surface area (Å²) in [6, 6.07) is 11.0. The van der Waals surface area contributed by atoms with Gasteiger partial charge in [-0.15, -0.1) is 11.3 Å². The Morgan fingerprint density at radius 3 is 2.69 bits per heavy atom. The Bertz CT molecular complexity index is 715. The molecule has 2 saturated heterocycles. The fraction of sp³-hybridized carbons (Fsp3) is 0.550. The molecular formula is C20H27N3O2S. The summed E-state index contributed by atoms with van der Waals surface area (Å²) in [6.45, 7) is 4.90. The summed E-state index contributed by atoms with van der Waals surface area (Å²) in [7, 11) is 0.